The highest BCUT2D eigenvalue weighted by Gasteiger charge is 2.25. The van der Waals surface area contributed by atoms with Crippen molar-refractivity contribution in [3.63, 3.8) is 0 Å². The molecule has 0 aliphatic carbocycles. The monoisotopic (exact) mass is 357 g/mol. The van der Waals surface area contributed by atoms with Crippen LogP contribution in [0.15, 0.2) is 47.1 Å². The fraction of sp³-hybridized carbons (Fsp3) is 0.368. The molecule has 0 bridgehead atoms. The SMILES string of the molecule is Cc1cccc(OCCNC(=O)N2CCN(C(=O)c3ccco3)CC2)c1. The Morgan fingerprint density at radius 3 is 2.58 bits per heavy atom. The second-order valence-corrected chi connectivity index (χ2v) is 6.15. The van der Waals surface area contributed by atoms with E-state index in [1.807, 2.05) is 31.2 Å². The predicted octanol–water partition coefficient (Wildman–Crippen LogP) is 2.13. The zero-order valence-corrected chi connectivity index (χ0v) is 14.8. The second-order valence-electron chi connectivity index (χ2n) is 6.15. The average Bonchev–Trinajstić information content (AvgIpc) is 3.19. The van der Waals surface area contributed by atoms with Crippen LogP contribution < -0.4 is 10.1 Å². The number of carbonyl (C=O) groups is 2. The predicted molar refractivity (Wildman–Crippen MR) is 96.3 cm³/mol. The van der Waals surface area contributed by atoms with Gasteiger partial charge in [0.1, 0.15) is 12.4 Å². The molecule has 0 atom stereocenters. The minimum atomic E-state index is -0.137. The lowest BCUT2D eigenvalue weighted by atomic mass is 10.2. The van der Waals surface area contributed by atoms with Gasteiger partial charge in [-0.25, -0.2) is 4.79 Å². The van der Waals surface area contributed by atoms with Crippen LogP contribution in [-0.4, -0.2) is 61.1 Å². The molecule has 1 aliphatic heterocycles. The minimum Gasteiger partial charge on any atom is -0.492 e. The van der Waals surface area contributed by atoms with Gasteiger partial charge in [-0.2, -0.15) is 0 Å². The molecule has 0 unspecified atom stereocenters. The van der Waals surface area contributed by atoms with E-state index in [1.165, 1.54) is 6.26 Å². The standard InChI is InChI=1S/C19H23N3O4/c1-15-4-2-5-16(14-15)25-13-7-20-19(24)22-10-8-21(9-11-22)18(23)17-6-3-12-26-17/h2-6,12,14H,7-11,13H2,1H3,(H,20,24). The Bertz CT molecular complexity index is 737. The molecule has 0 saturated carbocycles. The first-order valence-electron chi connectivity index (χ1n) is 8.68. The molecule has 7 nitrogen and oxygen atoms in total. The maximum atomic E-state index is 12.2. The number of rotatable bonds is 5. The highest BCUT2D eigenvalue weighted by molar-refractivity contribution is 5.91. The molecule has 1 aliphatic rings. The second kappa shape index (κ2) is 8.42. The van der Waals surface area contributed by atoms with E-state index in [2.05, 4.69) is 5.32 Å². The molecule has 3 amide bonds. The van der Waals surface area contributed by atoms with Crippen LogP contribution in [0.2, 0.25) is 0 Å². The zero-order chi connectivity index (χ0) is 18.4. The molecule has 0 radical (unpaired) electrons. The highest BCUT2D eigenvalue weighted by atomic mass is 16.5. The van der Waals surface area contributed by atoms with Gasteiger partial charge in [-0.05, 0) is 36.8 Å². The van der Waals surface area contributed by atoms with E-state index in [4.69, 9.17) is 9.15 Å². The fourth-order valence-electron chi connectivity index (χ4n) is 2.81. The van der Waals surface area contributed by atoms with Gasteiger partial charge in [-0.3, -0.25) is 4.79 Å². The first kappa shape index (κ1) is 17.8. The van der Waals surface area contributed by atoms with E-state index in [1.54, 1.807) is 21.9 Å². The smallest absolute Gasteiger partial charge is 0.317 e. The molecular formula is C19H23N3O4. The number of urea groups is 1. The summed E-state index contributed by atoms with van der Waals surface area (Å²) in [6, 6.07) is 11.0. The molecule has 138 valence electrons. The van der Waals surface area contributed by atoms with Crippen molar-refractivity contribution >= 4 is 11.9 Å². The maximum Gasteiger partial charge on any atom is 0.317 e. The van der Waals surface area contributed by atoms with E-state index < -0.39 is 0 Å². The Labute approximate surface area is 152 Å². The molecule has 2 aromatic rings. The van der Waals surface area contributed by atoms with E-state index in [0.29, 0.717) is 45.1 Å². The summed E-state index contributed by atoms with van der Waals surface area (Å²) in [5, 5.41) is 2.85. The van der Waals surface area contributed by atoms with E-state index in [0.717, 1.165) is 11.3 Å². The zero-order valence-electron chi connectivity index (χ0n) is 14.8. The van der Waals surface area contributed by atoms with Gasteiger partial charge in [-0.15, -0.1) is 0 Å². The molecule has 2 heterocycles. The van der Waals surface area contributed by atoms with Crippen molar-refractivity contribution in [3.05, 3.63) is 54.0 Å². The highest BCUT2D eigenvalue weighted by Crippen LogP contribution is 2.12. The molecule has 0 spiro atoms. The Kier molecular flexibility index (Phi) is 5.78. The van der Waals surface area contributed by atoms with Gasteiger partial charge >= 0.3 is 6.03 Å². The first-order valence-corrected chi connectivity index (χ1v) is 8.68. The van der Waals surface area contributed by atoms with Crippen molar-refractivity contribution in [3.8, 4) is 5.75 Å². The number of piperazine rings is 1. The number of benzene rings is 1. The molecule has 1 saturated heterocycles. The third-order valence-electron chi connectivity index (χ3n) is 4.22. The molecule has 1 aromatic heterocycles. The Morgan fingerprint density at radius 2 is 1.88 bits per heavy atom. The van der Waals surface area contributed by atoms with Crippen LogP contribution in [0.4, 0.5) is 4.79 Å². The average molecular weight is 357 g/mol. The summed E-state index contributed by atoms with van der Waals surface area (Å²) in [7, 11) is 0. The fourth-order valence-corrected chi connectivity index (χ4v) is 2.81. The van der Waals surface area contributed by atoms with Crippen molar-refractivity contribution in [2.45, 2.75) is 6.92 Å². The normalized spacial score (nSPS) is 14.2. The summed E-state index contributed by atoms with van der Waals surface area (Å²) in [4.78, 5) is 27.8. The summed E-state index contributed by atoms with van der Waals surface area (Å²) in [6.45, 7) is 4.82. The van der Waals surface area contributed by atoms with Gasteiger partial charge in [-0.1, -0.05) is 12.1 Å². The summed E-state index contributed by atoms with van der Waals surface area (Å²) in [5.74, 6) is 0.988. The summed E-state index contributed by atoms with van der Waals surface area (Å²) < 4.78 is 10.8. The Balaban J connectivity index is 1.36. The molecular weight excluding hydrogens is 334 g/mol. The van der Waals surface area contributed by atoms with Crippen molar-refractivity contribution in [1.29, 1.82) is 0 Å². The van der Waals surface area contributed by atoms with Crippen molar-refractivity contribution in [2.75, 3.05) is 39.3 Å². The number of amides is 3. The third-order valence-corrected chi connectivity index (χ3v) is 4.22. The van der Waals surface area contributed by atoms with E-state index in [9.17, 15) is 9.59 Å². The van der Waals surface area contributed by atoms with Crippen LogP contribution in [0.3, 0.4) is 0 Å². The summed E-state index contributed by atoms with van der Waals surface area (Å²) in [5.41, 5.74) is 1.13. The van der Waals surface area contributed by atoms with Crippen molar-refractivity contribution < 1.29 is 18.7 Å². The lowest BCUT2D eigenvalue weighted by molar-refractivity contribution is 0.0634. The minimum absolute atomic E-state index is 0.136. The summed E-state index contributed by atoms with van der Waals surface area (Å²) >= 11 is 0. The van der Waals surface area contributed by atoms with E-state index in [-0.39, 0.29) is 11.9 Å². The molecule has 26 heavy (non-hydrogen) atoms. The lowest BCUT2D eigenvalue weighted by Gasteiger charge is -2.34. The van der Waals surface area contributed by atoms with Crippen LogP contribution in [0.25, 0.3) is 0 Å². The number of nitrogens with one attached hydrogen (secondary N) is 1. The number of carbonyl (C=O) groups excluding carboxylic acids is 2. The topological polar surface area (TPSA) is 75.0 Å². The van der Waals surface area contributed by atoms with Gasteiger partial charge in [0.15, 0.2) is 5.76 Å². The van der Waals surface area contributed by atoms with Crippen molar-refractivity contribution in [2.24, 2.45) is 0 Å². The summed E-state index contributed by atoms with van der Waals surface area (Å²) in [6.07, 6.45) is 1.48. The van der Waals surface area contributed by atoms with Crippen molar-refractivity contribution in [1.82, 2.24) is 15.1 Å². The number of ether oxygens (including phenoxy) is 1. The molecule has 1 fully saturated rings. The number of hydrogen-bond donors (Lipinski definition) is 1. The number of nitrogens with zero attached hydrogens (tertiary/aromatic N) is 2. The lowest BCUT2D eigenvalue weighted by Crippen LogP contribution is -2.53. The molecule has 7 heteroatoms. The van der Waals surface area contributed by atoms with Crippen LogP contribution in [0.1, 0.15) is 16.1 Å². The number of aryl methyl sites for hydroxylation is 1. The van der Waals surface area contributed by atoms with Gasteiger partial charge < -0.3 is 24.3 Å². The van der Waals surface area contributed by atoms with Crippen LogP contribution in [0, 0.1) is 6.92 Å². The van der Waals surface area contributed by atoms with Gasteiger partial charge in [0.25, 0.3) is 5.91 Å². The van der Waals surface area contributed by atoms with E-state index >= 15 is 0 Å². The molecule has 1 aromatic carbocycles. The molecule has 1 N–H and O–H groups in total. The first-order chi connectivity index (χ1) is 12.6. The number of hydrogen-bond acceptors (Lipinski definition) is 4. The van der Waals surface area contributed by atoms with Gasteiger partial charge in [0.2, 0.25) is 0 Å². The van der Waals surface area contributed by atoms with Crippen LogP contribution in [0.5, 0.6) is 5.75 Å². The Hall–Kier alpha value is -2.96. The third kappa shape index (κ3) is 4.56. The Morgan fingerprint density at radius 1 is 1.12 bits per heavy atom. The quantitative estimate of drug-likeness (QED) is 0.832. The van der Waals surface area contributed by atoms with Crippen LogP contribution in [-0.2, 0) is 0 Å². The van der Waals surface area contributed by atoms with Crippen LogP contribution >= 0.6 is 0 Å². The van der Waals surface area contributed by atoms with Gasteiger partial charge in [0, 0.05) is 26.2 Å². The van der Waals surface area contributed by atoms with Gasteiger partial charge in [0.05, 0.1) is 12.8 Å². The molecule has 3 rings (SSSR count). The number of furan rings is 1. The largest absolute Gasteiger partial charge is 0.492 e. The maximum absolute atomic E-state index is 12.2.